The number of aromatic nitrogens is 2. The number of aryl methyl sites for hydroxylation is 1. The van der Waals surface area contributed by atoms with Gasteiger partial charge in [0.05, 0.1) is 48.5 Å². The van der Waals surface area contributed by atoms with Crippen molar-refractivity contribution in [1.29, 1.82) is 0 Å². The van der Waals surface area contributed by atoms with Crippen molar-refractivity contribution < 1.29 is 43.5 Å². The van der Waals surface area contributed by atoms with Gasteiger partial charge in [0.1, 0.15) is 23.0 Å². The van der Waals surface area contributed by atoms with Crippen molar-refractivity contribution in [3.63, 3.8) is 0 Å². The molecule has 316 valence electrons. The van der Waals surface area contributed by atoms with Crippen LogP contribution in [0.4, 0.5) is 0 Å². The second-order valence-corrected chi connectivity index (χ2v) is 16.9. The van der Waals surface area contributed by atoms with Crippen molar-refractivity contribution >= 4 is 23.8 Å². The number of methoxy groups -OCH3 is 1. The second-order valence-electron chi connectivity index (χ2n) is 15.6. The zero-order valence-corrected chi connectivity index (χ0v) is 34.7. The van der Waals surface area contributed by atoms with Crippen LogP contribution in [0.2, 0.25) is 0 Å². The molecule has 7 unspecified atom stereocenters. The molecule has 1 saturated heterocycles. The predicted octanol–water partition coefficient (Wildman–Crippen LogP) is 8.23. The Kier molecular flexibility index (Phi) is 15.1. The van der Waals surface area contributed by atoms with E-state index < -0.39 is 12.1 Å². The Morgan fingerprint density at radius 2 is 1.88 bits per heavy atom. The van der Waals surface area contributed by atoms with Crippen LogP contribution in [0, 0.1) is 17.8 Å². The number of nitrogens with zero attached hydrogens (tertiary/aromatic N) is 3. The topological polar surface area (TPSA) is 151 Å². The third-order valence-electron chi connectivity index (χ3n) is 11.9. The first-order valence-corrected chi connectivity index (χ1v) is 22.1. The molecule has 2 fully saturated rings. The molecule has 7 atom stereocenters. The number of allylic oxidation sites excluding steroid dienone is 1. The van der Waals surface area contributed by atoms with E-state index in [4.69, 9.17) is 33.7 Å². The number of ether oxygens (including phenoxy) is 5. The highest BCUT2D eigenvalue weighted by molar-refractivity contribution is 8.00. The highest BCUT2D eigenvalue weighted by Gasteiger charge is 2.64. The summed E-state index contributed by atoms with van der Waals surface area (Å²) in [5.41, 5.74) is 4.22. The van der Waals surface area contributed by atoms with Crippen LogP contribution in [-0.2, 0) is 20.7 Å². The molecule has 13 heteroatoms. The molecule has 12 nitrogen and oxygen atoms in total. The summed E-state index contributed by atoms with van der Waals surface area (Å²) in [5, 5.41) is 24.6. The van der Waals surface area contributed by atoms with E-state index in [0.717, 1.165) is 85.3 Å². The number of unbranched alkanes of at least 4 members (excludes halogenated alkanes) is 2. The Bertz CT molecular complexity index is 1920. The van der Waals surface area contributed by atoms with Crippen molar-refractivity contribution in [2.75, 3.05) is 39.3 Å². The summed E-state index contributed by atoms with van der Waals surface area (Å²) in [6.07, 6.45) is 18.6. The van der Waals surface area contributed by atoms with Crippen molar-refractivity contribution in [1.82, 2.24) is 9.97 Å². The van der Waals surface area contributed by atoms with Gasteiger partial charge in [0.25, 0.3) is 0 Å². The lowest BCUT2D eigenvalue weighted by molar-refractivity contribution is -0.223. The summed E-state index contributed by atoms with van der Waals surface area (Å²) in [5.74, 6) is 1.82. The summed E-state index contributed by atoms with van der Waals surface area (Å²) in [7, 11) is 1.53. The average Bonchev–Trinajstić information content (AvgIpc) is 3.27. The number of rotatable bonds is 21. The SMILES string of the molecule is C=CCOC12Oc3ccc(Oc4ccc(OC)c(C=O)c4)cc3C3C(CCCCO)C(CCCCO)C=C(C(=NOC4CCCCO4)CC1SCCc1cnccn1)C32. The van der Waals surface area contributed by atoms with E-state index in [1.165, 1.54) is 7.11 Å². The quantitative estimate of drug-likeness (QED) is 0.0461. The Morgan fingerprint density at radius 1 is 1.05 bits per heavy atom. The molecule has 1 saturated carbocycles. The van der Waals surface area contributed by atoms with Gasteiger partial charge in [0, 0.05) is 62.5 Å². The zero-order valence-electron chi connectivity index (χ0n) is 33.9. The van der Waals surface area contributed by atoms with Crippen LogP contribution in [0.5, 0.6) is 23.0 Å². The molecule has 3 aromatic rings. The number of hydrogen-bond acceptors (Lipinski definition) is 13. The summed E-state index contributed by atoms with van der Waals surface area (Å²) in [6, 6.07) is 11.1. The normalized spacial score (nSPS) is 26.5. The second kappa shape index (κ2) is 20.8. The summed E-state index contributed by atoms with van der Waals surface area (Å²) >= 11 is 1.79. The van der Waals surface area contributed by atoms with Gasteiger partial charge in [0.2, 0.25) is 12.1 Å². The van der Waals surface area contributed by atoms with Gasteiger partial charge in [-0.1, -0.05) is 30.1 Å². The molecule has 4 aliphatic rings. The van der Waals surface area contributed by atoms with Crippen LogP contribution < -0.4 is 14.2 Å². The minimum absolute atomic E-state index is 0.106. The first-order chi connectivity index (χ1) is 29.0. The fraction of sp³-hybridized carbons (Fsp3) is 0.522. The van der Waals surface area contributed by atoms with E-state index in [0.29, 0.717) is 55.1 Å². The first kappa shape index (κ1) is 42.8. The van der Waals surface area contributed by atoms with Crippen LogP contribution in [0.25, 0.3) is 0 Å². The molecular formula is C46H57N3O9S. The molecule has 0 radical (unpaired) electrons. The molecule has 0 amide bonds. The fourth-order valence-corrected chi connectivity index (χ4v) is 10.6. The summed E-state index contributed by atoms with van der Waals surface area (Å²) in [4.78, 5) is 27.0. The number of carbonyl (C=O) groups is 1. The van der Waals surface area contributed by atoms with Gasteiger partial charge in [0.15, 0.2) is 6.29 Å². The van der Waals surface area contributed by atoms with Crippen molar-refractivity contribution in [2.24, 2.45) is 22.9 Å². The Labute approximate surface area is 351 Å². The highest BCUT2D eigenvalue weighted by Crippen LogP contribution is 2.62. The highest BCUT2D eigenvalue weighted by atomic mass is 32.2. The number of thioether (sulfide) groups is 1. The molecule has 2 aliphatic carbocycles. The smallest absolute Gasteiger partial charge is 0.230 e. The average molecular weight is 828 g/mol. The molecule has 2 aromatic carbocycles. The van der Waals surface area contributed by atoms with Gasteiger partial charge < -0.3 is 38.7 Å². The fourth-order valence-electron chi connectivity index (χ4n) is 9.23. The third kappa shape index (κ3) is 9.86. The van der Waals surface area contributed by atoms with Crippen molar-refractivity contribution in [3.05, 3.63) is 96.1 Å². The zero-order chi connectivity index (χ0) is 41.0. The largest absolute Gasteiger partial charge is 0.496 e. The number of oxime groups is 1. The minimum Gasteiger partial charge on any atom is -0.496 e. The van der Waals surface area contributed by atoms with Gasteiger partial charge in [-0.2, -0.15) is 11.8 Å². The number of benzene rings is 2. The molecule has 7 rings (SSSR count). The lowest BCUT2D eigenvalue weighted by atomic mass is 9.56. The van der Waals surface area contributed by atoms with Crippen LogP contribution in [0.15, 0.2) is 84.4 Å². The van der Waals surface area contributed by atoms with E-state index in [-0.39, 0.29) is 48.7 Å². The molecular weight excluding hydrogens is 771 g/mol. The van der Waals surface area contributed by atoms with Crippen LogP contribution in [-0.4, -0.2) is 88.8 Å². The first-order valence-electron chi connectivity index (χ1n) is 21.0. The molecule has 1 aromatic heterocycles. The molecule has 2 N–H and O–H groups in total. The third-order valence-corrected chi connectivity index (χ3v) is 13.2. The summed E-state index contributed by atoms with van der Waals surface area (Å²) in [6.45, 7) is 5.22. The lowest BCUT2D eigenvalue weighted by Gasteiger charge is -2.58. The number of hydrogen-bond donors (Lipinski definition) is 2. The van der Waals surface area contributed by atoms with Crippen LogP contribution in [0.3, 0.4) is 0 Å². The minimum atomic E-state index is -1.10. The number of carbonyl (C=O) groups excluding carboxylic acids is 1. The van der Waals surface area contributed by atoms with E-state index in [2.05, 4.69) is 28.7 Å². The van der Waals surface area contributed by atoms with Gasteiger partial charge in [-0.05, 0) is 98.1 Å². The number of fused-ring (bicyclic) bond motifs is 2. The van der Waals surface area contributed by atoms with Gasteiger partial charge in [-0.3, -0.25) is 14.8 Å². The standard InChI is InChI=1S/C46H57N3O9S/c1-3-22-55-46-42(59-24-17-33-29-47-18-19-48-33)28-39(49-58-43-12-6-9-23-54-43)37-26-31(10-4-7-20-50)36(11-5-8-21-51)44(45(37)46)38-27-35(14-16-41(38)57-46)56-34-13-15-40(53-2)32(25-34)30-52/h3,13-16,18-19,25-27,29-31,36,42-45,50-51H,1,4-12,17,20-24,28H2,2H3. The molecule has 0 spiro atoms. The number of aliphatic hydroxyl groups is 2. The van der Waals surface area contributed by atoms with E-state index in [9.17, 15) is 15.0 Å². The van der Waals surface area contributed by atoms with Gasteiger partial charge in [-0.25, -0.2) is 0 Å². The Balaban J connectivity index is 1.36. The predicted molar refractivity (Wildman–Crippen MR) is 226 cm³/mol. The van der Waals surface area contributed by atoms with E-state index in [1.54, 1.807) is 54.6 Å². The molecule has 0 bridgehead atoms. The molecule has 3 heterocycles. The summed E-state index contributed by atoms with van der Waals surface area (Å²) < 4.78 is 32.2. The lowest BCUT2D eigenvalue weighted by Crippen LogP contribution is -2.64. The van der Waals surface area contributed by atoms with E-state index >= 15 is 0 Å². The number of aliphatic hydroxyl groups excluding tert-OH is 2. The van der Waals surface area contributed by atoms with E-state index in [1.807, 2.05) is 12.1 Å². The van der Waals surface area contributed by atoms with Crippen molar-refractivity contribution in [2.45, 2.75) is 93.9 Å². The number of aldehydes is 1. The maximum Gasteiger partial charge on any atom is 0.230 e. The van der Waals surface area contributed by atoms with Gasteiger partial charge >= 0.3 is 0 Å². The van der Waals surface area contributed by atoms with Gasteiger partial charge in [-0.15, -0.1) is 6.58 Å². The Morgan fingerprint density at radius 3 is 2.63 bits per heavy atom. The van der Waals surface area contributed by atoms with Crippen LogP contribution in [0.1, 0.15) is 91.7 Å². The maximum absolute atomic E-state index is 11.9. The van der Waals surface area contributed by atoms with Crippen molar-refractivity contribution in [3.8, 4) is 23.0 Å². The van der Waals surface area contributed by atoms with Crippen LogP contribution >= 0.6 is 11.8 Å². The molecule has 59 heavy (non-hydrogen) atoms. The maximum atomic E-state index is 11.9. The Hall–Kier alpha value is -4.27. The molecule has 2 aliphatic heterocycles. The monoisotopic (exact) mass is 827 g/mol.